The third-order valence-electron chi connectivity index (χ3n) is 4.30. The monoisotopic (exact) mass is 370 g/mol. The number of carbonyl (C=O) groups excluding carboxylic acids is 1. The van der Waals surface area contributed by atoms with Gasteiger partial charge in [0.15, 0.2) is 5.78 Å². The van der Waals surface area contributed by atoms with Crippen LogP contribution in [0, 0.1) is 0 Å². The van der Waals surface area contributed by atoms with E-state index in [-0.39, 0.29) is 11.5 Å². The molecule has 0 atom stereocenters. The number of benzene rings is 2. The summed E-state index contributed by atoms with van der Waals surface area (Å²) in [6.45, 7) is 2.25. The Morgan fingerprint density at radius 2 is 2.04 bits per heavy atom. The summed E-state index contributed by atoms with van der Waals surface area (Å²) < 4.78 is 7.17. The molecule has 0 radical (unpaired) electrons. The number of ketones is 1. The lowest BCUT2D eigenvalue weighted by Crippen LogP contribution is -2.17. The quantitative estimate of drug-likeness (QED) is 0.483. The number of Topliss-reactive ketones (excluding diaryl/α,β-unsaturated/α-hetero) is 1. The lowest BCUT2D eigenvalue weighted by molar-refractivity contribution is 0.101. The molecule has 0 bridgehead atoms. The number of nitrogens with zero attached hydrogens (tertiary/aromatic N) is 1. The van der Waals surface area contributed by atoms with Crippen LogP contribution in [0.3, 0.4) is 0 Å². The summed E-state index contributed by atoms with van der Waals surface area (Å²) in [6.07, 6.45) is 0.890. The van der Waals surface area contributed by atoms with Crippen LogP contribution in [0.15, 0.2) is 47.3 Å². The average Bonchev–Trinajstić information content (AvgIpc) is 2.96. The standard InChI is InChI=1S/C20H22N2O3S/c1-14(23)15-8-9-19(25-2)16(12-15)13-26-11-5-10-22-18-7-4-3-6-17(18)21-20(22)24/h3-4,6-9,12H,5,10-11,13H2,1-2H3,(H,21,24). The third kappa shape index (κ3) is 4.02. The van der Waals surface area contributed by atoms with E-state index in [4.69, 9.17) is 4.74 Å². The van der Waals surface area contributed by atoms with Crippen molar-refractivity contribution >= 4 is 28.6 Å². The number of ether oxygens (including phenoxy) is 1. The number of fused-ring (bicyclic) bond motifs is 1. The summed E-state index contributed by atoms with van der Waals surface area (Å²) in [4.78, 5) is 26.5. The first-order chi connectivity index (χ1) is 12.6. The third-order valence-corrected chi connectivity index (χ3v) is 5.39. The van der Waals surface area contributed by atoms with Gasteiger partial charge in [0.2, 0.25) is 0 Å². The average molecular weight is 370 g/mol. The van der Waals surface area contributed by atoms with Crippen LogP contribution in [0.25, 0.3) is 11.0 Å². The van der Waals surface area contributed by atoms with E-state index >= 15 is 0 Å². The minimum Gasteiger partial charge on any atom is -0.496 e. The van der Waals surface area contributed by atoms with Crippen LogP contribution >= 0.6 is 11.8 Å². The van der Waals surface area contributed by atoms with E-state index in [2.05, 4.69) is 4.98 Å². The number of aromatic amines is 1. The molecule has 1 N–H and O–H groups in total. The van der Waals surface area contributed by atoms with Gasteiger partial charge in [-0.1, -0.05) is 12.1 Å². The van der Waals surface area contributed by atoms with Gasteiger partial charge in [0.05, 0.1) is 18.1 Å². The first-order valence-electron chi connectivity index (χ1n) is 8.53. The van der Waals surface area contributed by atoms with Gasteiger partial charge < -0.3 is 9.72 Å². The van der Waals surface area contributed by atoms with Crippen molar-refractivity contribution in [1.82, 2.24) is 9.55 Å². The maximum absolute atomic E-state index is 12.1. The first kappa shape index (κ1) is 18.3. The normalized spacial score (nSPS) is 11.0. The van der Waals surface area contributed by atoms with Crippen molar-refractivity contribution in [3.63, 3.8) is 0 Å². The van der Waals surface area contributed by atoms with Gasteiger partial charge in [-0.15, -0.1) is 0 Å². The van der Waals surface area contributed by atoms with Crippen LogP contribution in [0.4, 0.5) is 0 Å². The molecule has 0 saturated carbocycles. The Morgan fingerprint density at radius 1 is 1.23 bits per heavy atom. The predicted octanol–water partition coefficient (Wildman–Crippen LogP) is 3.86. The molecular formula is C20H22N2O3S. The zero-order chi connectivity index (χ0) is 18.5. The fraction of sp³-hybridized carbons (Fsp3) is 0.300. The van der Waals surface area contributed by atoms with Crippen molar-refractivity contribution in [2.45, 2.75) is 25.6 Å². The van der Waals surface area contributed by atoms with Crippen LogP contribution in [0.1, 0.15) is 29.3 Å². The summed E-state index contributed by atoms with van der Waals surface area (Å²) in [5.41, 5.74) is 3.47. The molecule has 0 spiro atoms. The van der Waals surface area contributed by atoms with Gasteiger partial charge >= 0.3 is 5.69 Å². The number of methoxy groups -OCH3 is 1. The number of aromatic nitrogens is 2. The number of H-pyrrole nitrogens is 1. The molecular weight excluding hydrogens is 348 g/mol. The fourth-order valence-electron chi connectivity index (χ4n) is 2.95. The molecule has 0 fully saturated rings. The van der Waals surface area contributed by atoms with Crippen molar-refractivity contribution in [1.29, 1.82) is 0 Å². The van der Waals surface area contributed by atoms with Gasteiger partial charge in [-0.2, -0.15) is 11.8 Å². The van der Waals surface area contributed by atoms with Crippen molar-refractivity contribution < 1.29 is 9.53 Å². The van der Waals surface area contributed by atoms with Crippen LogP contribution in [-0.2, 0) is 12.3 Å². The number of nitrogens with one attached hydrogen (secondary N) is 1. The molecule has 0 aliphatic heterocycles. The lowest BCUT2D eigenvalue weighted by Gasteiger charge is -2.10. The van der Waals surface area contributed by atoms with E-state index in [1.54, 1.807) is 36.4 Å². The maximum Gasteiger partial charge on any atom is 0.326 e. The molecule has 0 saturated heterocycles. The maximum atomic E-state index is 12.1. The van der Waals surface area contributed by atoms with Crippen LogP contribution in [0.5, 0.6) is 5.75 Å². The number of hydrogen-bond acceptors (Lipinski definition) is 4. The second-order valence-electron chi connectivity index (χ2n) is 6.09. The number of aryl methyl sites for hydroxylation is 1. The largest absolute Gasteiger partial charge is 0.496 e. The summed E-state index contributed by atoms with van der Waals surface area (Å²) in [5, 5.41) is 0. The van der Waals surface area contributed by atoms with Gasteiger partial charge in [0, 0.05) is 23.4 Å². The molecule has 6 heteroatoms. The van der Waals surface area contributed by atoms with Gasteiger partial charge in [0.1, 0.15) is 5.75 Å². The predicted molar refractivity (Wildman–Crippen MR) is 106 cm³/mol. The van der Waals surface area contributed by atoms with E-state index in [0.717, 1.165) is 40.3 Å². The van der Waals surface area contributed by atoms with Crippen LogP contribution < -0.4 is 10.4 Å². The van der Waals surface area contributed by atoms with E-state index in [1.165, 1.54) is 0 Å². The Balaban J connectivity index is 1.57. The second-order valence-corrected chi connectivity index (χ2v) is 7.19. The highest BCUT2D eigenvalue weighted by atomic mass is 32.2. The van der Waals surface area contributed by atoms with Crippen molar-refractivity contribution in [2.75, 3.05) is 12.9 Å². The fourth-order valence-corrected chi connectivity index (χ4v) is 3.87. The SMILES string of the molecule is COc1ccc(C(C)=O)cc1CSCCCn1c(=O)[nH]c2ccccc21. The Kier molecular flexibility index (Phi) is 5.83. The van der Waals surface area contributed by atoms with Crippen molar-refractivity contribution in [3.05, 3.63) is 64.1 Å². The minimum atomic E-state index is -0.0629. The number of thioether (sulfide) groups is 1. The molecule has 0 aliphatic rings. The first-order valence-corrected chi connectivity index (χ1v) is 9.69. The van der Waals surface area contributed by atoms with Gasteiger partial charge in [-0.25, -0.2) is 4.79 Å². The van der Waals surface area contributed by atoms with Crippen LogP contribution in [-0.4, -0.2) is 28.2 Å². The highest BCUT2D eigenvalue weighted by Gasteiger charge is 2.08. The second kappa shape index (κ2) is 8.27. The molecule has 0 aliphatic carbocycles. The Hall–Kier alpha value is -2.47. The topological polar surface area (TPSA) is 64.1 Å². The smallest absolute Gasteiger partial charge is 0.326 e. The van der Waals surface area contributed by atoms with Gasteiger partial charge in [-0.05, 0) is 49.4 Å². The zero-order valence-corrected chi connectivity index (χ0v) is 15.8. The van der Waals surface area contributed by atoms with Gasteiger partial charge in [0.25, 0.3) is 0 Å². The molecule has 26 heavy (non-hydrogen) atoms. The summed E-state index contributed by atoms with van der Waals surface area (Å²) in [7, 11) is 1.64. The molecule has 136 valence electrons. The molecule has 2 aromatic carbocycles. The Labute approximate surface area is 156 Å². The molecule has 1 aromatic heterocycles. The molecule has 1 heterocycles. The molecule has 0 amide bonds. The summed E-state index contributed by atoms with van der Waals surface area (Å²) in [6, 6.07) is 13.3. The molecule has 5 nitrogen and oxygen atoms in total. The van der Waals surface area contributed by atoms with E-state index < -0.39 is 0 Å². The minimum absolute atomic E-state index is 0.0533. The number of rotatable bonds is 8. The van der Waals surface area contributed by atoms with Crippen molar-refractivity contribution in [3.8, 4) is 5.75 Å². The number of carbonyl (C=O) groups is 1. The number of hydrogen-bond donors (Lipinski definition) is 1. The van der Waals surface area contributed by atoms with E-state index in [1.807, 2.05) is 36.4 Å². The molecule has 0 unspecified atom stereocenters. The molecule has 3 aromatic rings. The Morgan fingerprint density at radius 3 is 2.81 bits per heavy atom. The number of imidazole rings is 1. The van der Waals surface area contributed by atoms with Gasteiger partial charge in [-0.3, -0.25) is 9.36 Å². The van der Waals surface area contributed by atoms with E-state index in [0.29, 0.717) is 12.1 Å². The van der Waals surface area contributed by atoms with E-state index in [9.17, 15) is 9.59 Å². The summed E-state index contributed by atoms with van der Waals surface area (Å²) >= 11 is 1.77. The summed E-state index contributed by atoms with van der Waals surface area (Å²) in [5.74, 6) is 2.54. The molecule has 3 rings (SSSR count). The van der Waals surface area contributed by atoms with Crippen molar-refractivity contribution in [2.24, 2.45) is 0 Å². The lowest BCUT2D eigenvalue weighted by atomic mass is 10.1. The zero-order valence-electron chi connectivity index (χ0n) is 15.0. The number of para-hydroxylation sites is 2. The Bertz CT molecular complexity index is 975. The van der Waals surface area contributed by atoms with Crippen LogP contribution in [0.2, 0.25) is 0 Å². The highest BCUT2D eigenvalue weighted by molar-refractivity contribution is 7.98. The highest BCUT2D eigenvalue weighted by Crippen LogP contribution is 2.25.